The summed E-state index contributed by atoms with van der Waals surface area (Å²) < 4.78 is 5.34. The van der Waals surface area contributed by atoms with E-state index in [2.05, 4.69) is 4.98 Å². The van der Waals surface area contributed by atoms with E-state index in [-0.39, 0.29) is 0 Å². The second kappa shape index (κ2) is 2.09. The summed E-state index contributed by atoms with van der Waals surface area (Å²) >= 11 is 0. The van der Waals surface area contributed by atoms with Crippen molar-refractivity contribution in [2.45, 2.75) is 13.8 Å². The summed E-state index contributed by atoms with van der Waals surface area (Å²) in [4.78, 5) is 4.19. The van der Waals surface area contributed by atoms with E-state index in [9.17, 15) is 0 Å². The summed E-state index contributed by atoms with van der Waals surface area (Å²) in [5, 5.41) is 0. The highest BCUT2D eigenvalue weighted by Gasteiger charge is 1.99. The molecule has 11 heavy (non-hydrogen) atoms. The number of aryl methyl sites for hydroxylation is 2. The molecule has 0 atom stereocenters. The monoisotopic (exact) mass is 147 g/mol. The highest BCUT2D eigenvalue weighted by atomic mass is 16.3. The third-order valence-corrected chi connectivity index (χ3v) is 1.65. The normalized spacial score (nSPS) is 10.7. The molecule has 0 amide bonds. The molecule has 0 saturated carbocycles. The van der Waals surface area contributed by atoms with Crippen LogP contribution in [-0.2, 0) is 0 Å². The molecule has 0 unspecified atom stereocenters. The highest BCUT2D eigenvalue weighted by Crippen LogP contribution is 2.15. The van der Waals surface area contributed by atoms with Crippen molar-refractivity contribution < 1.29 is 4.42 Å². The Hall–Kier alpha value is -1.31. The van der Waals surface area contributed by atoms with E-state index in [4.69, 9.17) is 4.42 Å². The molecule has 0 N–H and O–H groups in total. The number of rotatable bonds is 0. The van der Waals surface area contributed by atoms with Crippen molar-refractivity contribution in [2.24, 2.45) is 0 Å². The van der Waals surface area contributed by atoms with E-state index in [1.165, 1.54) is 5.56 Å². The highest BCUT2D eigenvalue weighted by molar-refractivity contribution is 5.73. The molecule has 0 aliphatic rings. The van der Waals surface area contributed by atoms with Gasteiger partial charge in [0.25, 0.3) is 0 Å². The molecular weight excluding hydrogens is 138 g/mol. The number of oxazole rings is 1. The van der Waals surface area contributed by atoms with E-state index < -0.39 is 0 Å². The van der Waals surface area contributed by atoms with E-state index in [0.717, 1.165) is 17.0 Å². The molecule has 1 aromatic carbocycles. The summed E-state index contributed by atoms with van der Waals surface area (Å²) in [7, 11) is 0. The molecule has 0 aliphatic heterocycles. The van der Waals surface area contributed by atoms with Gasteiger partial charge in [-0.1, -0.05) is 6.07 Å². The smallest absolute Gasteiger partial charge is 0.192 e. The Balaban J connectivity index is 2.82. The predicted molar refractivity (Wildman–Crippen MR) is 43.5 cm³/mol. The molecule has 2 rings (SSSR count). The molecule has 2 nitrogen and oxygen atoms in total. The van der Waals surface area contributed by atoms with Crippen LogP contribution in [0.2, 0.25) is 0 Å². The molecule has 1 aromatic heterocycles. The fourth-order valence-corrected chi connectivity index (χ4v) is 1.15. The van der Waals surface area contributed by atoms with E-state index in [1.807, 2.05) is 32.0 Å². The Bertz CT molecular complexity index is 389. The van der Waals surface area contributed by atoms with Crippen LogP contribution in [-0.4, -0.2) is 4.98 Å². The molecule has 0 radical (unpaired) electrons. The Morgan fingerprint density at radius 1 is 1.27 bits per heavy atom. The maximum atomic E-state index is 5.34. The van der Waals surface area contributed by atoms with Gasteiger partial charge in [-0.2, -0.15) is 0 Å². The van der Waals surface area contributed by atoms with Crippen LogP contribution < -0.4 is 0 Å². The van der Waals surface area contributed by atoms with Crippen LogP contribution in [0.1, 0.15) is 11.5 Å². The molecule has 2 heteroatoms. The van der Waals surface area contributed by atoms with Gasteiger partial charge in [0.15, 0.2) is 11.5 Å². The van der Waals surface area contributed by atoms with E-state index >= 15 is 0 Å². The summed E-state index contributed by atoms with van der Waals surface area (Å²) in [6, 6.07) is 6.00. The zero-order chi connectivity index (χ0) is 7.84. The number of nitrogens with zero attached hydrogens (tertiary/aromatic N) is 1. The molecule has 1 heterocycles. The summed E-state index contributed by atoms with van der Waals surface area (Å²) in [5.74, 6) is 0.727. The second-order valence-corrected chi connectivity index (χ2v) is 2.70. The number of hydrogen-bond acceptors (Lipinski definition) is 2. The second-order valence-electron chi connectivity index (χ2n) is 2.70. The maximum Gasteiger partial charge on any atom is 0.192 e. The molecule has 0 fully saturated rings. The van der Waals surface area contributed by atoms with Gasteiger partial charge < -0.3 is 4.42 Å². The van der Waals surface area contributed by atoms with Crippen LogP contribution >= 0.6 is 0 Å². The molecule has 0 saturated heterocycles. The largest absolute Gasteiger partial charge is 0.441 e. The lowest BCUT2D eigenvalue weighted by atomic mass is 10.2. The van der Waals surface area contributed by atoms with Gasteiger partial charge in [-0.15, -0.1) is 0 Å². The molecule has 56 valence electrons. The van der Waals surface area contributed by atoms with Crippen molar-refractivity contribution in [2.75, 3.05) is 0 Å². The first-order valence-electron chi connectivity index (χ1n) is 3.59. The first-order valence-corrected chi connectivity index (χ1v) is 3.59. The minimum Gasteiger partial charge on any atom is -0.441 e. The average Bonchev–Trinajstić information content (AvgIpc) is 2.27. The van der Waals surface area contributed by atoms with Gasteiger partial charge in [0, 0.05) is 6.92 Å². The average molecular weight is 147 g/mol. The van der Waals surface area contributed by atoms with Gasteiger partial charge in [-0.05, 0) is 24.6 Å². The van der Waals surface area contributed by atoms with Crippen LogP contribution in [0.25, 0.3) is 11.1 Å². The number of aromatic nitrogens is 1. The summed E-state index contributed by atoms with van der Waals surface area (Å²) in [6.45, 7) is 3.90. The van der Waals surface area contributed by atoms with Gasteiger partial charge in [-0.25, -0.2) is 4.98 Å². The third-order valence-electron chi connectivity index (χ3n) is 1.65. The molecule has 0 aliphatic carbocycles. The van der Waals surface area contributed by atoms with Crippen molar-refractivity contribution >= 4 is 11.1 Å². The lowest BCUT2D eigenvalue weighted by Crippen LogP contribution is -1.70. The van der Waals surface area contributed by atoms with E-state index in [0.29, 0.717) is 0 Å². The number of hydrogen-bond donors (Lipinski definition) is 0. The standard InChI is InChI=1S/C9H9NO/c1-6-3-4-8-9(5-6)11-7(2)10-8/h3-5H,1-2H3. The van der Waals surface area contributed by atoms with Gasteiger partial charge in [-0.3, -0.25) is 0 Å². The number of fused-ring (bicyclic) bond motifs is 1. The lowest BCUT2D eigenvalue weighted by Gasteiger charge is -1.87. The third kappa shape index (κ3) is 1.00. The van der Waals surface area contributed by atoms with Crippen molar-refractivity contribution in [1.82, 2.24) is 4.98 Å². The first-order chi connectivity index (χ1) is 5.25. The van der Waals surface area contributed by atoms with Crippen molar-refractivity contribution in [1.29, 1.82) is 0 Å². The molecule has 0 bridgehead atoms. The van der Waals surface area contributed by atoms with Crippen molar-refractivity contribution in [3.63, 3.8) is 0 Å². The van der Waals surface area contributed by atoms with Crippen molar-refractivity contribution in [3.8, 4) is 0 Å². The van der Waals surface area contributed by atoms with Crippen LogP contribution in [0.15, 0.2) is 22.6 Å². The molecule has 2 aromatic rings. The lowest BCUT2D eigenvalue weighted by molar-refractivity contribution is 0.561. The van der Waals surface area contributed by atoms with Gasteiger partial charge in [0.1, 0.15) is 5.52 Å². The number of benzene rings is 1. The van der Waals surface area contributed by atoms with Crippen molar-refractivity contribution in [3.05, 3.63) is 29.7 Å². The first kappa shape index (κ1) is 6.40. The van der Waals surface area contributed by atoms with Gasteiger partial charge in [0.05, 0.1) is 0 Å². The Labute approximate surface area is 64.9 Å². The quantitative estimate of drug-likeness (QED) is 0.572. The van der Waals surface area contributed by atoms with Crippen LogP contribution in [0, 0.1) is 13.8 Å². The summed E-state index contributed by atoms with van der Waals surface area (Å²) in [6.07, 6.45) is 0. The molecule has 0 spiro atoms. The van der Waals surface area contributed by atoms with Crippen LogP contribution in [0.3, 0.4) is 0 Å². The van der Waals surface area contributed by atoms with Gasteiger partial charge in [0.2, 0.25) is 0 Å². The van der Waals surface area contributed by atoms with Crippen LogP contribution in [0.4, 0.5) is 0 Å². The SMILES string of the molecule is Cc1ccc2nc(C)oc2c1. The zero-order valence-electron chi connectivity index (χ0n) is 6.59. The Kier molecular flexibility index (Phi) is 1.22. The Morgan fingerprint density at radius 2 is 2.09 bits per heavy atom. The predicted octanol–water partition coefficient (Wildman–Crippen LogP) is 2.44. The fourth-order valence-electron chi connectivity index (χ4n) is 1.15. The molecular formula is C9H9NO. The minimum atomic E-state index is 0.727. The minimum absolute atomic E-state index is 0.727. The van der Waals surface area contributed by atoms with E-state index in [1.54, 1.807) is 0 Å². The van der Waals surface area contributed by atoms with Crippen LogP contribution in [0.5, 0.6) is 0 Å². The Morgan fingerprint density at radius 3 is 2.91 bits per heavy atom. The maximum absolute atomic E-state index is 5.34. The fraction of sp³-hybridized carbons (Fsp3) is 0.222. The summed E-state index contributed by atoms with van der Waals surface area (Å²) in [5.41, 5.74) is 3.02. The zero-order valence-corrected chi connectivity index (χ0v) is 6.59. The topological polar surface area (TPSA) is 26.0 Å². The van der Waals surface area contributed by atoms with Gasteiger partial charge >= 0.3 is 0 Å².